The maximum atomic E-state index is 12.8. The van der Waals surface area contributed by atoms with Crippen molar-refractivity contribution in [2.45, 2.75) is 35.7 Å². The van der Waals surface area contributed by atoms with Gasteiger partial charge in [0.15, 0.2) is 11.0 Å². The fraction of sp³-hybridized carbons (Fsp3) is 0.318. The Morgan fingerprint density at radius 3 is 2.58 bits per heavy atom. The molecule has 1 atom stereocenters. The van der Waals surface area contributed by atoms with Crippen LogP contribution in [-0.2, 0) is 21.4 Å². The van der Waals surface area contributed by atoms with Gasteiger partial charge in [0.2, 0.25) is 15.9 Å². The maximum absolute atomic E-state index is 12.8. The van der Waals surface area contributed by atoms with Gasteiger partial charge >= 0.3 is 0 Å². The molecule has 1 heterocycles. The lowest BCUT2D eigenvalue weighted by Crippen LogP contribution is -2.24. The summed E-state index contributed by atoms with van der Waals surface area (Å²) in [7, 11) is 0.928. The Hall–Kier alpha value is -2.89. The lowest BCUT2D eigenvalue weighted by Gasteiger charge is -2.15. The van der Waals surface area contributed by atoms with Crippen molar-refractivity contribution < 1.29 is 17.9 Å². The van der Waals surface area contributed by atoms with Crippen LogP contribution in [0.5, 0.6) is 5.75 Å². The predicted octanol–water partition coefficient (Wildman–Crippen LogP) is 3.34. The van der Waals surface area contributed by atoms with Gasteiger partial charge < -0.3 is 14.6 Å². The summed E-state index contributed by atoms with van der Waals surface area (Å²) in [4.78, 5) is 12.9. The zero-order valence-electron chi connectivity index (χ0n) is 19.1. The van der Waals surface area contributed by atoms with E-state index in [9.17, 15) is 13.2 Å². The van der Waals surface area contributed by atoms with Crippen molar-refractivity contribution in [1.82, 2.24) is 19.1 Å². The molecule has 0 aliphatic heterocycles. The molecule has 0 aliphatic carbocycles. The second-order valence-corrected chi connectivity index (χ2v) is 10.8. The molecule has 0 bridgehead atoms. The predicted molar refractivity (Wildman–Crippen MR) is 129 cm³/mol. The fourth-order valence-corrected chi connectivity index (χ4v) is 4.95. The summed E-state index contributed by atoms with van der Waals surface area (Å²) in [6, 6.07) is 13.7. The van der Waals surface area contributed by atoms with Crippen LogP contribution >= 0.6 is 11.8 Å². The molecule has 2 aromatic carbocycles. The number of para-hydroxylation sites is 1. The first-order valence-corrected chi connectivity index (χ1v) is 12.6. The third-order valence-electron chi connectivity index (χ3n) is 4.91. The van der Waals surface area contributed by atoms with Crippen LogP contribution < -0.4 is 10.1 Å². The lowest BCUT2D eigenvalue weighted by molar-refractivity contribution is -0.115. The molecule has 9 nitrogen and oxygen atoms in total. The molecule has 0 saturated heterocycles. The highest BCUT2D eigenvalue weighted by Gasteiger charge is 2.22. The first kappa shape index (κ1) is 24.7. The number of aromatic nitrogens is 3. The number of anilines is 1. The molecule has 1 unspecified atom stereocenters. The van der Waals surface area contributed by atoms with E-state index in [2.05, 4.69) is 15.5 Å². The number of thioether (sulfide) groups is 1. The van der Waals surface area contributed by atoms with Crippen molar-refractivity contribution in [2.75, 3.05) is 26.5 Å². The zero-order chi connectivity index (χ0) is 24.2. The molecule has 11 heteroatoms. The van der Waals surface area contributed by atoms with E-state index in [1.165, 1.54) is 38.0 Å². The Morgan fingerprint density at radius 1 is 1.18 bits per heavy atom. The molecule has 0 aliphatic rings. The number of amides is 1. The van der Waals surface area contributed by atoms with Gasteiger partial charge in [0.25, 0.3) is 0 Å². The Bertz CT molecular complexity index is 1240. The van der Waals surface area contributed by atoms with Crippen LogP contribution in [0.25, 0.3) is 11.4 Å². The van der Waals surface area contributed by atoms with Gasteiger partial charge in [0.05, 0.1) is 22.8 Å². The van der Waals surface area contributed by atoms with Gasteiger partial charge in [-0.2, -0.15) is 0 Å². The summed E-state index contributed by atoms with van der Waals surface area (Å²) in [5.41, 5.74) is 1.22. The lowest BCUT2D eigenvalue weighted by atomic mass is 10.2. The van der Waals surface area contributed by atoms with Gasteiger partial charge in [-0.3, -0.25) is 4.79 Å². The number of ether oxygens (including phenoxy) is 1. The number of hydrogen-bond acceptors (Lipinski definition) is 7. The molecule has 1 amide bonds. The smallest absolute Gasteiger partial charge is 0.242 e. The van der Waals surface area contributed by atoms with Crippen molar-refractivity contribution in [3.05, 3.63) is 48.5 Å². The number of rotatable bonds is 9. The first-order chi connectivity index (χ1) is 15.7. The van der Waals surface area contributed by atoms with Crippen LogP contribution in [-0.4, -0.2) is 59.8 Å². The van der Waals surface area contributed by atoms with Crippen molar-refractivity contribution >= 4 is 33.4 Å². The summed E-state index contributed by atoms with van der Waals surface area (Å²) in [6.45, 7) is 4.35. The molecular weight excluding hydrogens is 462 g/mol. The van der Waals surface area contributed by atoms with Crippen LogP contribution in [0.2, 0.25) is 0 Å². The van der Waals surface area contributed by atoms with Gasteiger partial charge in [-0.15, -0.1) is 10.2 Å². The molecule has 0 spiro atoms. The number of nitrogens with one attached hydrogen (secondary N) is 1. The summed E-state index contributed by atoms with van der Waals surface area (Å²) < 4.78 is 33.2. The molecule has 3 rings (SSSR count). The molecule has 0 saturated carbocycles. The second-order valence-electron chi connectivity index (χ2n) is 7.32. The molecule has 176 valence electrons. The normalized spacial score (nSPS) is 12.5. The van der Waals surface area contributed by atoms with Crippen LogP contribution in [0.4, 0.5) is 5.69 Å². The second kappa shape index (κ2) is 10.4. The highest BCUT2D eigenvalue weighted by Crippen LogP contribution is 2.32. The van der Waals surface area contributed by atoms with E-state index in [0.717, 1.165) is 9.87 Å². The monoisotopic (exact) mass is 489 g/mol. The molecule has 33 heavy (non-hydrogen) atoms. The SMILES string of the molecule is CCn1c(SC(C)C(=O)Nc2cccc(S(=O)(=O)N(C)C)c2)nnc1-c1ccccc1OC. The minimum absolute atomic E-state index is 0.109. The van der Waals surface area contributed by atoms with Gasteiger partial charge in [0.1, 0.15) is 5.75 Å². The van der Waals surface area contributed by atoms with Gasteiger partial charge in [-0.1, -0.05) is 30.0 Å². The number of carbonyl (C=O) groups is 1. The third-order valence-corrected chi connectivity index (χ3v) is 7.80. The number of hydrogen-bond donors (Lipinski definition) is 1. The topological polar surface area (TPSA) is 106 Å². The van der Waals surface area contributed by atoms with E-state index in [-0.39, 0.29) is 10.8 Å². The highest BCUT2D eigenvalue weighted by molar-refractivity contribution is 8.00. The maximum Gasteiger partial charge on any atom is 0.242 e. The largest absolute Gasteiger partial charge is 0.496 e. The number of sulfonamides is 1. The summed E-state index contributed by atoms with van der Waals surface area (Å²) >= 11 is 1.28. The minimum Gasteiger partial charge on any atom is -0.496 e. The Kier molecular flexibility index (Phi) is 7.77. The number of methoxy groups -OCH3 is 1. The molecule has 1 N–H and O–H groups in total. The number of nitrogens with zero attached hydrogens (tertiary/aromatic N) is 4. The van der Waals surface area contributed by atoms with Crippen LogP contribution in [0.1, 0.15) is 13.8 Å². The summed E-state index contributed by atoms with van der Waals surface area (Å²) in [5, 5.41) is 11.5. The molecule has 0 radical (unpaired) electrons. The Morgan fingerprint density at radius 2 is 1.91 bits per heavy atom. The van der Waals surface area contributed by atoms with Crippen molar-refractivity contribution in [2.24, 2.45) is 0 Å². The van der Waals surface area contributed by atoms with Crippen LogP contribution in [0, 0.1) is 0 Å². The van der Waals surface area contributed by atoms with E-state index >= 15 is 0 Å². The zero-order valence-corrected chi connectivity index (χ0v) is 20.8. The van der Waals surface area contributed by atoms with Crippen LogP contribution in [0.3, 0.4) is 0 Å². The molecular formula is C22H27N5O4S2. The first-order valence-electron chi connectivity index (χ1n) is 10.3. The van der Waals surface area contributed by atoms with Crippen molar-refractivity contribution in [3.63, 3.8) is 0 Å². The van der Waals surface area contributed by atoms with E-state index in [4.69, 9.17) is 4.74 Å². The van der Waals surface area contributed by atoms with Gasteiger partial charge in [-0.25, -0.2) is 12.7 Å². The summed E-state index contributed by atoms with van der Waals surface area (Å²) in [6.07, 6.45) is 0. The quantitative estimate of drug-likeness (QED) is 0.460. The number of benzene rings is 2. The minimum atomic E-state index is -3.60. The summed E-state index contributed by atoms with van der Waals surface area (Å²) in [5.74, 6) is 1.07. The molecule has 3 aromatic rings. The van der Waals surface area contributed by atoms with Gasteiger partial charge in [-0.05, 0) is 44.2 Å². The molecule has 0 fully saturated rings. The van der Waals surface area contributed by atoms with E-state index in [1.54, 1.807) is 26.2 Å². The highest BCUT2D eigenvalue weighted by atomic mass is 32.2. The van der Waals surface area contributed by atoms with E-state index < -0.39 is 15.3 Å². The van der Waals surface area contributed by atoms with Crippen molar-refractivity contribution in [3.8, 4) is 17.1 Å². The van der Waals surface area contributed by atoms with Crippen LogP contribution in [0.15, 0.2) is 58.6 Å². The third kappa shape index (κ3) is 5.37. The van der Waals surface area contributed by atoms with E-state index in [0.29, 0.717) is 29.0 Å². The van der Waals surface area contributed by atoms with Crippen molar-refractivity contribution in [1.29, 1.82) is 0 Å². The number of carbonyl (C=O) groups excluding carboxylic acids is 1. The standard InChI is InChI=1S/C22H27N5O4S2/c1-6-27-20(18-12-7-8-13-19(18)31-5)24-25-22(27)32-15(2)21(28)23-16-10-9-11-17(14-16)33(29,30)26(3)4/h7-15H,6H2,1-5H3,(H,23,28). The Balaban J connectivity index is 1.78. The molecule has 1 aromatic heterocycles. The Labute approximate surface area is 198 Å². The van der Waals surface area contributed by atoms with E-state index in [1.807, 2.05) is 35.8 Å². The fourth-order valence-electron chi connectivity index (χ4n) is 3.09. The average Bonchev–Trinajstić information content (AvgIpc) is 3.21. The van der Waals surface area contributed by atoms with Gasteiger partial charge in [0, 0.05) is 26.3 Å². The average molecular weight is 490 g/mol.